The van der Waals surface area contributed by atoms with Crippen LogP contribution in [-0.4, -0.2) is 25.0 Å². The Hall–Kier alpha value is -0.330. The topological polar surface area (TPSA) is 38.3 Å². The molecule has 0 aliphatic carbocycles. The van der Waals surface area contributed by atoms with E-state index in [0.717, 1.165) is 5.56 Å². The molecule has 0 saturated heterocycles. The van der Waals surface area contributed by atoms with Crippen LogP contribution in [0.3, 0.4) is 0 Å². The molecule has 0 aliphatic rings. The van der Waals surface area contributed by atoms with E-state index in [9.17, 15) is 4.79 Å². The first kappa shape index (κ1) is 14.7. The average Bonchev–Trinajstić information content (AvgIpc) is 2.30. The van der Waals surface area contributed by atoms with Crippen molar-refractivity contribution in [2.24, 2.45) is 0 Å². The third-order valence-electron chi connectivity index (χ3n) is 2.20. The zero-order valence-electron chi connectivity index (χ0n) is 9.58. The Morgan fingerprint density at radius 1 is 1.47 bits per heavy atom. The third kappa shape index (κ3) is 5.70. The number of hydrogen-bond donors (Lipinski definition) is 1. The van der Waals surface area contributed by atoms with Gasteiger partial charge in [-0.15, -0.1) is 11.6 Å². The summed E-state index contributed by atoms with van der Waals surface area (Å²) >= 11 is 7.69. The first-order chi connectivity index (χ1) is 8.13. The average molecular weight is 368 g/mol. The molecule has 0 radical (unpaired) electrons. The predicted octanol–water partition coefficient (Wildman–Crippen LogP) is 2.72. The zero-order valence-corrected chi connectivity index (χ0v) is 12.5. The molecule has 0 spiro atoms. The van der Waals surface area contributed by atoms with Gasteiger partial charge in [0, 0.05) is 9.45 Å². The second kappa shape index (κ2) is 7.89. The second-order valence-corrected chi connectivity index (χ2v) is 5.21. The van der Waals surface area contributed by atoms with Crippen molar-refractivity contribution >= 4 is 40.1 Å². The van der Waals surface area contributed by atoms with Gasteiger partial charge in [-0.1, -0.05) is 12.1 Å². The lowest BCUT2D eigenvalue weighted by molar-refractivity contribution is -0.126. The zero-order chi connectivity index (χ0) is 12.7. The molecule has 0 aliphatic heterocycles. The van der Waals surface area contributed by atoms with E-state index in [1.54, 1.807) is 0 Å². The highest BCUT2D eigenvalue weighted by molar-refractivity contribution is 14.1. The maximum atomic E-state index is 11.5. The fourth-order valence-electron chi connectivity index (χ4n) is 1.34. The number of carbonyl (C=O) groups excluding carboxylic acids is 1. The molecule has 1 rings (SSSR count). The Labute approximate surface area is 120 Å². The van der Waals surface area contributed by atoms with E-state index >= 15 is 0 Å². The molecule has 0 saturated carbocycles. The van der Waals surface area contributed by atoms with Gasteiger partial charge in [0.25, 0.3) is 0 Å². The van der Waals surface area contributed by atoms with Crippen molar-refractivity contribution in [2.75, 3.05) is 19.1 Å². The predicted molar refractivity (Wildman–Crippen MR) is 77.3 cm³/mol. The molecule has 17 heavy (non-hydrogen) atoms. The van der Waals surface area contributed by atoms with Gasteiger partial charge in [0.15, 0.2) is 0 Å². The lowest BCUT2D eigenvalue weighted by Gasteiger charge is -2.14. The minimum Gasteiger partial charge on any atom is -0.370 e. The maximum Gasteiger partial charge on any atom is 0.246 e. The van der Waals surface area contributed by atoms with Gasteiger partial charge in [-0.25, -0.2) is 0 Å². The van der Waals surface area contributed by atoms with Crippen LogP contribution in [0.1, 0.15) is 18.5 Å². The van der Waals surface area contributed by atoms with Gasteiger partial charge in [-0.3, -0.25) is 4.79 Å². The van der Waals surface area contributed by atoms with Crippen LogP contribution >= 0.6 is 34.2 Å². The van der Waals surface area contributed by atoms with Crippen LogP contribution in [0.5, 0.6) is 0 Å². The van der Waals surface area contributed by atoms with Gasteiger partial charge in [-0.2, -0.15) is 0 Å². The molecule has 5 heteroatoms. The smallest absolute Gasteiger partial charge is 0.246 e. The molecular weight excluding hydrogens is 352 g/mol. The van der Waals surface area contributed by atoms with Crippen LogP contribution in [0, 0.1) is 3.57 Å². The summed E-state index contributed by atoms with van der Waals surface area (Å²) in [7, 11) is 0. The van der Waals surface area contributed by atoms with E-state index in [-0.39, 0.29) is 18.6 Å². The minimum atomic E-state index is -0.124. The molecule has 0 heterocycles. The van der Waals surface area contributed by atoms with Gasteiger partial charge >= 0.3 is 0 Å². The van der Waals surface area contributed by atoms with Crippen molar-refractivity contribution in [3.63, 3.8) is 0 Å². The second-order valence-electron chi connectivity index (χ2n) is 3.58. The molecule has 94 valence electrons. The third-order valence-corrected chi connectivity index (χ3v) is 3.08. The highest BCUT2D eigenvalue weighted by Crippen LogP contribution is 2.14. The summed E-state index contributed by atoms with van der Waals surface area (Å²) in [5.41, 5.74) is 1.08. The molecule has 1 atom stereocenters. The Bertz CT molecular complexity index is 356. The molecule has 1 amide bonds. The number of nitrogens with one attached hydrogen (secondary N) is 1. The van der Waals surface area contributed by atoms with E-state index in [1.807, 2.05) is 31.2 Å². The van der Waals surface area contributed by atoms with E-state index in [4.69, 9.17) is 16.3 Å². The Kier molecular flexibility index (Phi) is 6.84. The molecule has 1 aromatic carbocycles. The first-order valence-electron chi connectivity index (χ1n) is 5.32. The summed E-state index contributed by atoms with van der Waals surface area (Å²) in [5.74, 6) is 0.279. The van der Waals surface area contributed by atoms with Crippen molar-refractivity contribution in [1.82, 2.24) is 5.32 Å². The lowest BCUT2D eigenvalue weighted by atomic mass is 10.1. The Balaban J connectivity index is 2.40. The van der Waals surface area contributed by atoms with Crippen LogP contribution in [0.4, 0.5) is 0 Å². The number of halogens is 2. The number of amides is 1. The minimum absolute atomic E-state index is 0.0147. The fraction of sp³-hybridized carbons (Fsp3) is 0.417. The molecule has 0 fully saturated rings. The fourth-order valence-corrected chi connectivity index (χ4v) is 1.81. The van der Waals surface area contributed by atoms with Crippen molar-refractivity contribution < 1.29 is 9.53 Å². The van der Waals surface area contributed by atoms with E-state index in [0.29, 0.717) is 12.5 Å². The van der Waals surface area contributed by atoms with Gasteiger partial charge in [0.1, 0.15) is 6.61 Å². The summed E-state index contributed by atoms with van der Waals surface area (Å²) in [4.78, 5) is 11.5. The normalized spacial score (nSPS) is 12.2. The van der Waals surface area contributed by atoms with Crippen LogP contribution < -0.4 is 5.32 Å². The van der Waals surface area contributed by atoms with Crippen molar-refractivity contribution in [3.05, 3.63) is 33.4 Å². The number of ether oxygens (including phenoxy) is 1. The summed E-state index contributed by atoms with van der Waals surface area (Å²) in [6.07, 6.45) is 0. The maximum absolute atomic E-state index is 11.5. The van der Waals surface area contributed by atoms with Gasteiger partial charge in [0.2, 0.25) is 5.91 Å². The molecule has 0 aromatic heterocycles. The Morgan fingerprint density at radius 3 is 2.71 bits per heavy atom. The number of benzene rings is 1. The first-order valence-corrected chi connectivity index (χ1v) is 6.93. The highest BCUT2D eigenvalue weighted by atomic mass is 127. The van der Waals surface area contributed by atoms with Crippen molar-refractivity contribution in [3.8, 4) is 0 Å². The summed E-state index contributed by atoms with van der Waals surface area (Å²) < 4.78 is 6.23. The SMILES string of the molecule is C[C@H](NC(=O)COCCCl)c1ccc(I)cc1. The van der Waals surface area contributed by atoms with Gasteiger partial charge in [0.05, 0.1) is 12.6 Å². The molecule has 1 aromatic rings. The van der Waals surface area contributed by atoms with Gasteiger partial charge < -0.3 is 10.1 Å². The largest absolute Gasteiger partial charge is 0.370 e. The van der Waals surface area contributed by atoms with E-state index < -0.39 is 0 Å². The van der Waals surface area contributed by atoms with Crippen LogP contribution in [0.25, 0.3) is 0 Å². The summed E-state index contributed by atoms with van der Waals surface area (Å²) in [5, 5.41) is 2.87. The summed E-state index contributed by atoms with van der Waals surface area (Å²) in [6, 6.07) is 8.03. The van der Waals surface area contributed by atoms with Crippen molar-refractivity contribution in [2.45, 2.75) is 13.0 Å². The molecular formula is C12H15ClINO2. The quantitative estimate of drug-likeness (QED) is 0.477. The number of alkyl halides is 1. The van der Waals surface area contributed by atoms with E-state index in [1.165, 1.54) is 3.57 Å². The number of carbonyl (C=O) groups is 1. The Morgan fingerprint density at radius 2 is 2.12 bits per heavy atom. The molecule has 0 bridgehead atoms. The summed E-state index contributed by atoms with van der Waals surface area (Å²) in [6.45, 7) is 2.40. The van der Waals surface area contributed by atoms with E-state index in [2.05, 4.69) is 27.9 Å². The van der Waals surface area contributed by atoms with Crippen LogP contribution in [0.15, 0.2) is 24.3 Å². The number of hydrogen-bond acceptors (Lipinski definition) is 2. The van der Waals surface area contributed by atoms with Crippen LogP contribution in [0.2, 0.25) is 0 Å². The molecule has 3 nitrogen and oxygen atoms in total. The standard InChI is InChI=1S/C12H15ClINO2/c1-9(10-2-4-11(14)5-3-10)15-12(16)8-17-7-6-13/h2-5,9H,6-8H2,1H3,(H,15,16)/t9-/m0/s1. The number of rotatable bonds is 6. The molecule has 1 N–H and O–H groups in total. The van der Waals surface area contributed by atoms with Crippen molar-refractivity contribution in [1.29, 1.82) is 0 Å². The lowest BCUT2D eigenvalue weighted by Crippen LogP contribution is -2.30. The van der Waals surface area contributed by atoms with Crippen LogP contribution in [-0.2, 0) is 9.53 Å². The highest BCUT2D eigenvalue weighted by Gasteiger charge is 2.09. The van der Waals surface area contributed by atoms with Gasteiger partial charge in [-0.05, 0) is 47.2 Å². The monoisotopic (exact) mass is 367 g/mol. The molecule has 0 unspecified atom stereocenters.